The van der Waals surface area contributed by atoms with Crippen LogP contribution in [0, 0.1) is 0 Å². The molecule has 3 aromatic carbocycles. The van der Waals surface area contributed by atoms with Crippen molar-refractivity contribution in [3.05, 3.63) is 77.9 Å². The summed E-state index contributed by atoms with van der Waals surface area (Å²) in [5.74, 6) is 0.137. The molecule has 5 rings (SSSR count). The molecule has 0 unspecified atom stereocenters. The highest BCUT2D eigenvalue weighted by Gasteiger charge is 2.31. The van der Waals surface area contributed by atoms with Crippen LogP contribution in [-0.4, -0.2) is 60.4 Å². The minimum Gasteiger partial charge on any atom is -0.444 e. The summed E-state index contributed by atoms with van der Waals surface area (Å²) in [6, 6.07) is 21.3. The van der Waals surface area contributed by atoms with Crippen molar-refractivity contribution in [2.45, 2.75) is 71.5 Å². The number of anilines is 3. The van der Waals surface area contributed by atoms with Crippen molar-refractivity contribution in [2.24, 2.45) is 0 Å². The monoisotopic (exact) mass is 612 g/mol. The van der Waals surface area contributed by atoms with E-state index >= 15 is 0 Å². The van der Waals surface area contributed by atoms with Crippen LogP contribution in [0.15, 0.2) is 66.7 Å². The number of nitrogens with zero attached hydrogens (tertiary/aromatic N) is 2. The third kappa shape index (κ3) is 8.56. The van der Waals surface area contributed by atoms with E-state index in [-0.39, 0.29) is 12.0 Å². The van der Waals surface area contributed by atoms with Gasteiger partial charge in [0.1, 0.15) is 11.2 Å². The molecular formula is C36H44N4O5. The largest absolute Gasteiger partial charge is 0.444 e. The Bertz CT molecular complexity index is 1550. The summed E-state index contributed by atoms with van der Waals surface area (Å²) in [5, 5.41) is 5.85. The van der Waals surface area contributed by atoms with Crippen molar-refractivity contribution in [3.8, 4) is 11.1 Å². The molecule has 9 heteroatoms. The first-order valence-electron chi connectivity index (χ1n) is 15.6. The molecule has 238 valence electrons. The standard InChI is InChI=1S/C36H44N4O5/c1-35(2,3)44-33(42)38-29-16-14-26(24-10-8-7-9-11-24)23-30(29)37-32(41)27-15-17-31(28(22-27)25-12-13-25)39-18-20-40(21-19-39)34(43)45-36(4,5)6/h7-11,14-17,22-23,25H,12-13,18-21H2,1-6H3,(H,37,41)(H,38,42). The Hall–Kier alpha value is -4.53. The van der Waals surface area contributed by atoms with Crippen LogP contribution in [0.3, 0.4) is 0 Å². The molecule has 1 aliphatic heterocycles. The summed E-state index contributed by atoms with van der Waals surface area (Å²) in [6.45, 7) is 13.6. The van der Waals surface area contributed by atoms with Crippen molar-refractivity contribution in [1.29, 1.82) is 0 Å². The van der Waals surface area contributed by atoms with Crippen LogP contribution in [0.5, 0.6) is 0 Å². The van der Waals surface area contributed by atoms with Gasteiger partial charge in [-0.15, -0.1) is 0 Å². The summed E-state index contributed by atoms with van der Waals surface area (Å²) < 4.78 is 11.0. The molecule has 0 bridgehead atoms. The van der Waals surface area contributed by atoms with E-state index in [4.69, 9.17) is 9.47 Å². The Morgan fingerprint density at radius 1 is 0.711 bits per heavy atom. The number of nitrogens with one attached hydrogen (secondary N) is 2. The Balaban J connectivity index is 1.35. The third-order valence-electron chi connectivity index (χ3n) is 7.59. The van der Waals surface area contributed by atoms with E-state index in [9.17, 15) is 14.4 Å². The topological polar surface area (TPSA) is 100 Å². The lowest BCUT2D eigenvalue weighted by molar-refractivity contribution is 0.0240. The number of hydrogen-bond acceptors (Lipinski definition) is 6. The fourth-order valence-corrected chi connectivity index (χ4v) is 5.34. The molecule has 1 aliphatic carbocycles. The van der Waals surface area contributed by atoms with Crippen LogP contribution in [0.25, 0.3) is 11.1 Å². The van der Waals surface area contributed by atoms with Gasteiger partial charge in [0.05, 0.1) is 11.4 Å². The average molecular weight is 613 g/mol. The van der Waals surface area contributed by atoms with Crippen molar-refractivity contribution in [2.75, 3.05) is 41.7 Å². The highest BCUT2D eigenvalue weighted by atomic mass is 16.6. The van der Waals surface area contributed by atoms with Gasteiger partial charge >= 0.3 is 12.2 Å². The van der Waals surface area contributed by atoms with Gasteiger partial charge in [0.15, 0.2) is 0 Å². The molecule has 3 amide bonds. The van der Waals surface area contributed by atoms with Gasteiger partial charge in [-0.25, -0.2) is 9.59 Å². The second kappa shape index (κ2) is 12.8. The first-order chi connectivity index (χ1) is 21.3. The number of piperazine rings is 1. The van der Waals surface area contributed by atoms with Crippen molar-refractivity contribution >= 4 is 35.2 Å². The lowest BCUT2D eigenvalue weighted by Crippen LogP contribution is -2.50. The number of carbonyl (C=O) groups is 3. The third-order valence-corrected chi connectivity index (χ3v) is 7.59. The zero-order chi connectivity index (χ0) is 32.4. The number of benzene rings is 3. The number of ether oxygens (including phenoxy) is 2. The van der Waals surface area contributed by atoms with Gasteiger partial charge in [-0.3, -0.25) is 10.1 Å². The maximum atomic E-state index is 13.7. The molecule has 3 aromatic rings. The van der Waals surface area contributed by atoms with Gasteiger partial charge in [0.2, 0.25) is 0 Å². The van der Waals surface area contributed by atoms with Crippen LogP contribution in [0.2, 0.25) is 0 Å². The normalized spacial score (nSPS) is 15.3. The predicted octanol–water partition coefficient (Wildman–Crippen LogP) is 7.89. The Morgan fingerprint density at radius 2 is 1.38 bits per heavy atom. The molecule has 2 aliphatic rings. The van der Waals surface area contributed by atoms with Gasteiger partial charge < -0.3 is 24.6 Å². The molecule has 1 saturated heterocycles. The van der Waals surface area contributed by atoms with Gasteiger partial charge in [-0.1, -0.05) is 36.4 Å². The van der Waals surface area contributed by atoms with E-state index in [2.05, 4.69) is 15.5 Å². The second-order valence-electron chi connectivity index (χ2n) is 13.7. The Labute approximate surface area is 265 Å². The minimum atomic E-state index is -0.666. The van der Waals surface area contributed by atoms with Crippen LogP contribution < -0.4 is 15.5 Å². The lowest BCUT2D eigenvalue weighted by atomic mass is 10.0. The molecule has 1 saturated carbocycles. The van der Waals surface area contributed by atoms with Crippen LogP contribution in [0.1, 0.15) is 76.2 Å². The Morgan fingerprint density at radius 3 is 2.00 bits per heavy atom. The zero-order valence-electron chi connectivity index (χ0n) is 27.1. The molecule has 1 heterocycles. The molecule has 0 spiro atoms. The minimum absolute atomic E-state index is 0.268. The van der Waals surface area contributed by atoms with Gasteiger partial charge in [-0.2, -0.15) is 0 Å². The first kappa shape index (κ1) is 31.9. The van der Waals surface area contributed by atoms with E-state index in [1.165, 1.54) is 0 Å². The maximum absolute atomic E-state index is 13.7. The fourth-order valence-electron chi connectivity index (χ4n) is 5.34. The molecule has 0 aromatic heterocycles. The first-order valence-corrected chi connectivity index (χ1v) is 15.6. The Kier molecular flexibility index (Phi) is 9.09. The summed E-state index contributed by atoms with van der Waals surface area (Å²) in [6.07, 6.45) is 1.28. The van der Waals surface area contributed by atoms with Gasteiger partial charge in [0, 0.05) is 37.4 Å². The van der Waals surface area contributed by atoms with E-state index in [1.54, 1.807) is 31.7 Å². The molecule has 2 fully saturated rings. The van der Waals surface area contributed by atoms with Crippen molar-refractivity contribution in [3.63, 3.8) is 0 Å². The van der Waals surface area contributed by atoms with Crippen molar-refractivity contribution in [1.82, 2.24) is 4.90 Å². The summed E-state index contributed by atoms with van der Waals surface area (Å²) in [4.78, 5) is 43.0. The molecule has 9 nitrogen and oxygen atoms in total. The zero-order valence-corrected chi connectivity index (χ0v) is 27.1. The van der Waals surface area contributed by atoms with Crippen LogP contribution in [-0.2, 0) is 9.47 Å². The number of hydrogen-bond donors (Lipinski definition) is 2. The fraction of sp³-hybridized carbons (Fsp3) is 0.417. The second-order valence-corrected chi connectivity index (χ2v) is 13.7. The van der Waals surface area contributed by atoms with E-state index < -0.39 is 17.3 Å². The quantitative estimate of drug-likeness (QED) is 0.294. The van der Waals surface area contributed by atoms with E-state index in [0.717, 1.165) is 35.2 Å². The summed E-state index contributed by atoms with van der Waals surface area (Å²) in [7, 11) is 0. The molecule has 45 heavy (non-hydrogen) atoms. The van der Waals surface area contributed by atoms with Gasteiger partial charge in [-0.05, 0) is 107 Å². The van der Waals surface area contributed by atoms with Crippen molar-refractivity contribution < 1.29 is 23.9 Å². The number of amides is 3. The number of carbonyl (C=O) groups excluding carboxylic acids is 3. The van der Waals surface area contributed by atoms with Gasteiger partial charge in [0.25, 0.3) is 5.91 Å². The van der Waals surface area contributed by atoms with E-state index in [1.807, 2.05) is 81.4 Å². The van der Waals surface area contributed by atoms with Crippen LogP contribution in [0.4, 0.5) is 26.7 Å². The highest BCUT2D eigenvalue weighted by Crippen LogP contribution is 2.45. The van der Waals surface area contributed by atoms with E-state index in [0.29, 0.717) is 49.0 Å². The smallest absolute Gasteiger partial charge is 0.412 e. The SMILES string of the molecule is CC(C)(C)OC(=O)Nc1ccc(-c2ccccc2)cc1NC(=O)c1ccc(N2CCN(C(=O)OC(C)(C)C)CC2)c(C2CC2)c1. The summed E-state index contributed by atoms with van der Waals surface area (Å²) in [5.41, 5.74) is 4.42. The van der Waals surface area contributed by atoms with Crippen LogP contribution >= 0.6 is 0 Å². The molecule has 0 radical (unpaired) electrons. The average Bonchev–Trinajstić information content (AvgIpc) is 3.82. The highest BCUT2D eigenvalue weighted by molar-refractivity contribution is 6.07. The lowest BCUT2D eigenvalue weighted by Gasteiger charge is -2.37. The predicted molar refractivity (Wildman–Crippen MR) is 178 cm³/mol. The number of rotatable bonds is 6. The molecular weight excluding hydrogens is 568 g/mol. The molecule has 2 N–H and O–H groups in total. The maximum Gasteiger partial charge on any atom is 0.412 e. The summed E-state index contributed by atoms with van der Waals surface area (Å²) >= 11 is 0. The molecule has 0 atom stereocenters.